The van der Waals surface area contributed by atoms with Crippen molar-refractivity contribution in [2.75, 3.05) is 26.1 Å². The van der Waals surface area contributed by atoms with E-state index in [-0.39, 0.29) is 6.61 Å². The Hall–Kier alpha value is -3.55. The minimum Gasteiger partial charge on any atom is -0.497 e. The summed E-state index contributed by atoms with van der Waals surface area (Å²) in [6.45, 7) is -0.156. The summed E-state index contributed by atoms with van der Waals surface area (Å²) in [6.07, 6.45) is 1.48. The number of hydrogen-bond acceptors (Lipinski definition) is 6. The number of nitrogens with one attached hydrogen (secondary N) is 2. The molecule has 0 heterocycles. The van der Waals surface area contributed by atoms with E-state index in [9.17, 15) is 9.59 Å². The van der Waals surface area contributed by atoms with Gasteiger partial charge in [0.25, 0.3) is 0 Å². The van der Waals surface area contributed by atoms with Crippen LogP contribution in [0.1, 0.15) is 5.56 Å². The molecule has 0 fully saturated rings. The number of hydrogen-bond donors (Lipinski definition) is 2. The Labute approximate surface area is 150 Å². The van der Waals surface area contributed by atoms with Crippen LogP contribution in [0, 0.1) is 0 Å². The van der Waals surface area contributed by atoms with Crippen molar-refractivity contribution in [1.82, 2.24) is 5.43 Å². The highest BCUT2D eigenvalue weighted by Gasteiger charge is 2.02. The molecular formula is C18H19N3O5. The Kier molecular flexibility index (Phi) is 6.99. The minimum absolute atomic E-state index is 0.156. The van der Waals surface area contributed by atoms with Crippen molar-refractivity contribution in [3.8, 4) is 11.5 Å². The predicted molar refractivity (Wildman–Crippen MR) is 96.7 cm³/mol. The number of amides is 2. The maximum Gasteiger partial charge on any atom is 0.343 e. The van der Waals surface area contributed by atoms with Gasteiger partial charge < -0.3 is 19.5 Å². The number of urea groups is 1. The van der Waals surface area contributed by atoms with Crippen molar-refractivity contribution in [2.45, 2.75) is 0 Å². The number of ether oxygens (including phenoxy) is 3. The molecule has 26 heavy (non-hydrogen) atoms. The van der Waals surface area contributed by atoms with E-state index in [1.165, 1.54) is 13.3 Å². The number of carbonyl (C=O) groups is 2. The van der Waals surface area contributed by atoms with Gasteiger partial charge in [-0.3, -0.25) is 0 Å². The van der Waals surface area contributed by atoms with E-state index in [0.717, 1.165) is 5.56 Å². The summed E-state index contributed by atoms with van der Waals surface area (Å²) in [7, 11) is 2.87. The second kappa shape index (κ2) is 9.67. The van der Waals surface area contributed by atoms with Crippen LogP contribution in [-0.2, 0) is 9.53 Å². The highest BCUT2D eigenvalue weighted by atomic mass is 16.6. The summed E-state index contributed by atoms with van der Waals surface area (Å²) in [6, 6.07) is 13.3. The molecule has 2 amide bonds. The molecule has 0 aliphatic heterocycles. The molecule has 0 spiro atoms. The van der Waals surface area contributed by atoms with E-state index in [0.29, 0.717) is 17.2 Å². The summed E-state index contributed by atoms with van der Waals surface area (Å²) in [5, 5.41) is 6.50. The molecule has 0 bridgehead atoms. The summed E-state index contributed by atoms with van der Waals surface area (Å²) < 4.78 is 14.8. The van der Waals surface area contributed by atoms with E-state index >= 15 is 0 Å². The fourth-order valence-electron chi connectivity index (χ4n) is 1.85. The van der Waals surface area contributed by atoms with Crippen molar-refractivity contribution < 1.29 is 23.8 Å². The average molecular weight is 357 g/mol. The molecule has 0 unspecified atom stereocenters. The van der Waals surface area contributed by atoms with Gasteiger partial charge in [0.15, 0.2) is 6.61 Å². The van der Waals surface area contributed by atoms with Crippen molar-refractivity contribution in [1.29, 1.82) is 0 Å². The van der Waals surface area contributed by atoms with Gasteiger partial charge in [0.1, 0.15) is 11.5 Å². The lowest BCUT2D eigenvalue weighted by Gasteiger charge is -2.05. The fraction of sp³-hybridized carbons (Fsp3) is 0.167. The molecule has 0 saturated carbocycles. The number of esters is 1. The summed E-state index contributed by atoms with van der Waals surface area (Å²) in [4.78, 5) is 22.8. The highest BCUT2D eigenvalue weighted by molar-refractivity contribution is 5.90. The minimum atomic E-state index is -0.468. The van der Waals surface area contributed by atoms with Gasteiger partial charge >= 0.3 is 12.0 Å². The van der Waals surface area contributed by atoms with E-state index in [2.05, 4.69) is 20.6 Å². The predicted octanol–water partition coefficient (Wildman–Crippen LogP) is 2.40. The molecule has 136 valence electrons. The Morgan fingerprint density at radius 1 is 1.00 bits per heavy atom. The lowest BCUT2D eigenvalue weighted by Crippen LogP contribution is -2.24. The molecule has 0 saturated heterocycles. The van der Waals surface area contributed by atoms with Gasteiger partial charge in [-0.25, -0.2) is 15.0 Å². The van der Waals surface area contributed by atoms with E-state index < -0.39 is 12.0 Å². The molecule has 8 heteroatoms. The van der Waals surface area contributed by atoms with Crippen LogP contribution in [0.5, 0.6) is 11.5 Å². The third kappa shape index (κ3) is 6.16. The third-order valence-corrected chi connectivity index (χ3v) is 3.19. The van der Waals surface area contributed by atoms with Crippen LogP contribution >= 0.6 is 0 Å². The molecule has 0 atom stereocenters. The second-order valence-corrected chi connectivity index (χ2v) is 4.99. The van der Waals surface area contributed by atoms with Crippen molar-refractivity contribution in [2.24, 2.45) is 5.10 Å². The van der Waals surface area contributed by atoms with E-state index in [1.807, 2.05) is 0 Å². The van der Waals surface area contributed by atoms with Gasteiger partial charge in [0.2, 0.25) is 0 Å². The molecule has 2 N–H and O–H groups in total. The fourth-order valence-corrected chi connectivity index (χ4v) is 1.85. The Morgan fingerprint density at radius 2 is 1.65 bits per heavy atom. The largest absolute Gasteiger partial charge is 0.497 e. The van der Waals surface area contributed by atoms with Crippen molar-refractivity contribution in [3.63, 3.8) is 0 Å². The van der Waals surface area contributed by atoms with Gasteiger partial charge in [-0.05, 0) is 54.1 Å². The molecule has 8 nitrogen and oxygen atoms in total. The lowest BCUT2D eigenvalue weighted by molar-refractivity contribution is -0.142. The van der Waals surface area contributed by atoms with Crippen LogP contribution in [-0.4, -0.2) is 39.0 Å². The van der Waals surface area contributed by atoms with Crippen molar-refractivity contribution in [3.05, 3.63) is 54.1 Å². The number of nitrogens with zero attached hydrogens (tertiary/aromatic N) is 1. The first-order chi connectivity index (χ1) is 12.6. The Balaban J connectivity index is 1.79. The van der Waals surface area contributed by atoms with Crippen molar-refractivity contribution >= 4 is 23.9 Å². The first kappa shape index (κ1) is 18.8. The maximum atomic E-state index is 11.8. The molecule has 2 aromatic rings. The Bertz CT molecular complexity index is 757. The van der Waals surface area contributed by atoms with Crippen LogP contribution in [0.2, 0.25) is 0 Å². The van der Waals surface area contributed by atoms with Crippen LogP contribution in [0.4, 0.5) is 10.5 Å². The summed E-state index contributed by atoms with van der Waals surface area (Å²) in [5.74, 6) is 0.772. The smallest absolute Gasteiger partial charge is 0.343 e. The number of benzene rings is 2. The quantitative estimate of drug-likeness (QED) is 0.450. The molecule has 0 aliphatic rings. The van der Waals surface area contributed by atoms with Crippen LogP contribution < -0.4 is 20.2 Å². The van der Waals surface area contributed by atoms with Crippen LogP contribution in [0.25, 0.3) is 0 Å². The first-order valence-corrected chi connectivity index (χ1v) is 7.64. The zero-order valence-electron chi connectivity index (χ0n) is 14.4. The average Bonchev–Trinajstić information content (AvgIpc) is 2.67. The normalized spacial score (nSPS) is 10.2. The molecule has 2 aromatic carbocycles. The SMILES string of the molecule is COC(=O)COc1ccc(/C=N\NC(=O)Nc2ccc(OC)cc2)cc1. The van der Waals surface area contributed by atoms with Crippen LogP contribution in [0.3, 0.4) is 0 Å². The molecule has 0 aliphatic carbocycles. The van der Waals surface area contributed by atoms with E-state index in [4.69, 9.17) is 9.47 Å². The number of carbonyl (C=O) groups excluding carboxylic acids is 2. The summed E-state index contributed by atoms with van der Waals surface area (Å²) in [5.41, 5.74) is 3.73. The van der Waals surface area contributed by atoms with Gasteiger partial charge in [-0.1, -0.05) is 0 Å². The topological polar surface area (TPSA) is 98.3 Å². The summed E-state index contributed by atoms with van der Waals surface area (Å²) >= 11 is 0. The second-order valence-electron chi connectivity index (χ2n) is 4.99. The molecular weight excluding hydrogens is 338 g/mol. The van der Waals surface area contributed by atoms with Crippen LogP contribution in [0.15, 0.2) is 53.6 Å². The van der Waals surface area contributed by atoms with E-state index in [1.54, 1.807) is 55.6 Å². The lowest BCUT2D eigenvalue weighted by atomic mass is 10.2. The monoisotopic (exact) mass is 357 g/mol. The highest BCUT2D eigenvalue weighted by Crippen LogP contribution is 2.14. The molecule has 2 rings (SSSR count). The third-order valence-electron chi connectivity index (χ3n) is 3.19. The Morgan fingerprint density at radius 3 is 2.27 bits per heavy atom. The number of anilines is 1. The standard InChI is InChI=1S/C18H19N3O5/c1-24-15-9-5-14(6-10-15)20-18(23)21-19-11-13-3-7-16(8-4-13)26-12-17(22)25-2/h3-11H,12H2,1-2H3,(H2,20,21,23)/b19-11-. The maximum absolute atomic E-state index is 11.8. The first-order valence-electron chi connectivity index (χ1n) is 7.64. The zero-order chi connectivity index (χ0) is 18.8. The number of methoxy groups -OCH3 is 2. The van der Waals surface area contributed by atoms with Gasteiger partial charge in [0, 0.05) is 5.69 Å². The zero-order valence-corrected chi connectivity index (χ0v) is 14.4. The number of rotatable bonds is 7. The van der Waals surface area contributed by atoms with Gasteiger partial charge in [-0.15, -0.1) is 0 Å². The van der Waals surface area contributed by atoms with Gasteiger partial charge in [-0.2, -0.15) is 5.10 Å². The number of hydrazone groups is 1. The van der Waals surface area contributed by atoms with Gasteiger partial charge in [0.05, 0.1) is 20.4 Å². The molecule has 0 radical (unpaired) electrons. The molecule has 0 aromatic heterocycles.